The van der Waals surface area contributed by atoms with E-state index in [-0.39, 0.29) is 18.0 Å². The molecule has 24 heavy (non-hydrogen) atoms. The highest BCUT2D eigenvalue weighted by Gasteiger charge is 2.35. The number of halogens is 3. The summed E-state index contributed by atoms with van der Waals surface area (Å²) in [6.45, 7) is 4.27. The Labute approximate surface area is 139 Å². The van der Waals surface area contributed by atoms with Crippen LogP contribution in [0.2, 0.25) is 0 Å². The number of hydrogen-bond acceptors (Lipinski definition) is 2. The number of likely N-dealkylation sites (N-methyl/N-ethyl adjacent to an activating group) is 2. The summed E-state index contributed by atoms with van der Waals surface area (Å²) < 4.78 is 39.6. The number of carbonyl (C=O) groups excluding carboxylic acids is 2. The first kappa shape index (κ1) is 19.7. The second kappa shape index (κ2) is 8.52. The molecular formula is C17H21F3N2O2. The van der Waals surface area contributed by atoms with Gasteiger partial charge in [-0.3, -0.25) is 9.59 Å². The van der Waals surface area contributed by atoms with E-state index < -0.39 is 17.7 Å². The molecule has 0 spiro atoms. The fourth-order valence-electron chi connectivity index (χ4n) is 2.14. The molecule has 0 fully saturated rings. The summed E-state index contributed by atoms with van der Waals surface area (Å²) >= 11 is 0. The quantitative estimate of drug-likeness (QED) is 0.746. The lowest BCUT2D eigenvalue weighted by atomic mass is 10.0. The number of alkyl halides is 3. The Balaban J connectivity index is 2.98. The lowest BCUT2D eigenvalue weighted by Gasteiger charge is -2.23. The van der Waals surface area contributed by atoms with Gasteiger partial charge >= 0.3 is 6.18 Å². The average Bonchev–Trinajstić information content (AvgIpc) is 2.53. The molecule has 0 N–H and O–H groups in total. The predicted molar refractivity (Wildman–Crippen MR) is 86.0 cm³/mol. The highest BCUT2D eigenvalue weighted by molar-refractivity contribution is 5.97. The van der Waals surface area contributed by atoms with Crippen molar-refractivity contribution in [3.8, 4) is 0 Å². The molecule has 2 amide bonds. The number of amides is 2. The minimum absolute atomic E-state index is 0.0955. The van der Waals surface area contributed by atoms with Crippen LogP contribution in [0.25, 0.3) is 5.57 Å². The zero-order valence-corrected chi connectivity index (χ0v) is 13.9. The van der Waals surface area contributed by atoms with Crippen molar-refractivity contribution >= 4 is 17.4 Å². The molecule has 0 aliphatic heterocycles. The van der Waals surface area contributed by atoms with Gasteiger partial charge in [0.15, 0.2) is 0 Å². The van der Waals surface area contributed by atoms with E-state index in [0.717, 1.165) is 4.90 Å². The summed E-state index contributed by atoms with van der Waals surface area (Å²) in [7, 11) is 1.30. The topological polar surface area (TPSA) is 40.6 Å². The van der Waals surface area contributed by atoms with Gasteiger partial charge in [-0.2, -0.15) is 13.2 Å². The van der Waals surface area contributed by atoms with Crippen molar-refractivity contribution in [2.45, 2.75) is 20.0 Å². The number of allylic oxidation sites excluding steroid dienone is 1. The Hall–Kier alpha value is -2.31. The maximum atomic E-state index is 13.2. The molecule has 0 aromatic heterocycles. The molecule has 0 heterocycles. The molecule has 0 aliphatic carbocycles. The third kappa shape index (κ3) is 5.40. The van der Waals surface area contributed by atoms with E-state index in [2.05, 4.69) is 0 Å². The van der Waals surface area contributed by atoms with Crippen LogP contribution in [-0.4, -0.2) is 54.5 Å². The molecule has 4 nitrogen and oxygen atoms in total. The van der Waals surface area contributed by atoms with Gasteiger partial charge < -0.3 is 9.80 Å². The second-order valence-electron chi connectivity index (χ2n) is 5.18. The van der Waals surface area contributed by atoms with Crippen LogP contribution in [0.15, 0.2) is 36.4 Å². The number of nitrogens with zero attached hydrogens (tertiary/aromatic N) is 2. The summed E-state index contributed by atoms with van der Waals surface area (Å²) in [4.78, 5) is 26.5. The van der Waals surface area contributed by atoms with Gasteiger partial charge in [0.05, 0.1) is 12.1 Å². The number of benzene rings is 1. The van der Waals surface area contributed by atoms with Crippen LogP contribution in [0.1, 0.15) is 19.4 Å². The summed E-state index contributed by atoms with van der Waals surface area (Å²) in [5.41, 5.74) is -1.13. The van der Waals surface area contributed by atoms with Crippen LogP contribution >= 0.6 is 0 Å². The Bertz CT molecular complexity index is 594. The third-order valence-corrected chi connectivity index (χ3v) is 3.52. The molecule has 0 radical (unpaired) electrons. The Morgan fingerprint density at radius 1 is 1.08 bits per heavy atom. The zero-order chi connectivity index (χ0) is 18.3. The van der Waals surface area contributed by atoms with Gasteiger partial charge in [0.2, 0.25) is 11.8 Å². The van der Waals surface area contributed by atoms with Crippen LogP contribution in [0.3, 0.4) is 0 Å². The van der Waals surface area contributed by atoms with Gasteiger partial charge in [-0.25, -0.2) is 0 Å². The monoisotopic (exact) mass is 342 g/mol. The van der Waals surface area contributed by atoms with E-state index in [9.17, 15) is 22.8 Å². The molecule has 1 rings (SSSR count). The molecule has 132 valence electrons. The molecule has 0 saturated carbocycles. The highest BCUT2D eigenvalue weighted by Crippen LogP contribution is 2.33. The largest absolute Gasteiger partial charge is 0.417 e. The number of rotatable bonds is 6. The van der Waals surface area contributed by atoms with E-state index in [1.807, 2.05) is 0 Å². The van der Waals surface area contributed by atoms with E-state index in [1.165, 1.54) is 36.2 Å². The van der Waals surface area contributed by atoms with Crippen molar-refractivity contribution in [3.05, 3.63) is 42.0 Å². The van der Waals surface area contributed by atoms with Crippen LogP contribution in [0, 0.1) is 0 Å². The maximum absolute atomic E-state index is 13.2. The smallest absolute Gasteiger partial charge is 0.342 e. The molecular weight excluding hydrogens is 321 g/mol. The standard InChI is InChI=1S/C17H21F3N2O2/c1-4-22(5-2)16(24)12-21(3)15(23)11-14(17(18,19)20)13-9-7-6-8-10-13/h6-11H,4-5,12H2,1-3H3/b14-11+. The van der Waals surface area contributed by atoms with E-state index in [4.69, 9.17) is 0 Å². The van der Waals surface area contributed by atoms with Gasteiger partial charge in [0.1, 0.15) is 0 Å². The Morgan fingerprint density at radius 3 is 2.08 bits per heavy atom. The Kier molecular flexibility index (Phi) is 7.00. The van der Waals surface area contributed by atoms with Gasteiger partial charge in [-0.1, -0.05) is 30.3 Å². The number of hydrogen-bond donors (Lipinski definition) is 0. The van der Waals surface area contributed by atoms with Crippen molar-refractivity contribution in [1.82, 2.24) is 9.80 Å². The predicted octanol–water partition coefficient (Wildman–Crippen LogP) is 2.96. The summed E-state index contributed by atoms with van der Waals surface area (Å²) in [6, 6.07) is 7.09. The van der Waals surface area contributed by atoms with Gasteiger partial charge in [-0.15, -0.1) is 0 Å². The summed E-state index contributed by atoms with van der Waals surface area (Å²) in [5, 5.41) is 0. The SMILES string of the molecule is CCN(CC)C(=O)CN(C)C(=O)/C=C(\c1ccccc1)C(F)(F)F. The second-order valence-corrected chi connectivity index (χ2v) is 5.18. The average molecular weight is 342 g/mol. The van der Waals surface area contributed by atoms with Gasteiger partial charge in [-0.05, 0) is 19.4 Å². The first-order valence-corrected chi connectivity index (χ1v) is 7.57. The van der Waals surface area contributed by atoms with Crippen LogP contribution in [-0.2, 0) is 9.59 Å². The summed E-state index contributed by atoms with van der Waals surface area (Å²) in [5.74, 6) is -1.18. The van der Waals surface area contributed by atoms with E-state index in [0.29, 0.717) is 19.2 Å². The van der Waals surface area contributed by atoms with Crippen molar-refractivity contribution in [1.29, 1.82) is 0 Å². The van der Waals surface area contributed by atoms with E-state index in [1.54, 1.807) is 19.9 Å². The van der Waals surface area contributed by atoms with Crippen LogP contribution in [0.5, 0.6) is 0 Å². The van der Waals surface area contributed by atoms with Crippen molar-refractivity contribution < 1.29 is 22.8 Å². The zero-order valence-electron chi connectivity index (χ0n) is 13.9. The van der Waals surface area contributed by atoms with Crippen molar-refractivity contribution in [2.75, 3.05) is 26.7 Å². The highest BCUT2D eigenvalue weighted by atomic mass is 19.4. The molecule has 0 aliphatic rings. The minimum atomic E-state index is -4.67. The fourth-order valence-corrected chi connectivity index (χ4v) is 2.14. The van der Waals surface area contributed by atoms with Crippen molar-refractivity contribution in [3.63, 3.8) is 0 Å². The van der Waals surface area contributed by atoms with Gasteiger partial charge in [0, 0.05) is 26.2 Å². The van der Waals surface area contributed by atoms with Crippen LogP contribution < -0.4 is 0 Å². The lowest BCUT2D eigenvalue weighted by Crippen LogP contribution is -2.40. The molecule has 0 atom stereocenters. The molecule has 0 saturated heterocycles. The lowest BCUT2D eigenvalue weighted by molar-refractivity contribution is -0.137. The minimum Gasteiger partial charge on any atom is -0.342 e. The normalized spacial score (nSPS) is 12.0. The first-order valence-electron chi connectivity index (χ1n) is 7.57. The van der Waals surface area contributed by atoms with Crippen molar-refractivity contribution in [2.24, 2.45) is 0 Å². The van der Waals surface area contributed by atoms with Gasteiger partial charge in [0.25, 0.3) is 0 Å². The fraction of sp³-hybridized carbons (Fsp3) is 0.412. The molecule has 7 heteroatoms. The number of carbonyl (C=O) groups is 2. The molecule has 1 aromatic rings. The Morgan fingerprint density at radius 2 is 1.62 bits per heavy atom. The van der Waals surface area contributed by atoms with E-state index >= 15 is 0 Å². The molecule has 0 bridgehead atoms. The summed E-state index contributed by atoms with van der Waals surface area (Å²) in [6.07, 6.45) is -4.13. The molecule has 0 unspecified atom stereocenters. The molecule has 1 aromatic carbocycles. The first-order chi connectivity index (χ1) is 11.2. The maximum Gasteiger partial charge on any atom is 0.417 e. The van der Waals surface area contributed by atoms with Crippen LogP contribution in [0.4, 0.5) is 13.2 Å². The third-order valence-electron chi connectivity index (χ3n) is 3.52.